The fraction of sp³-hybridized carbons (Fsp3) is 0.581. The van der Waals surface area contributed by atoms with Crippen LogP contribution in [0.15, 0.2) is 12.1 Å². The van der Waals surface area contributed by atoms with Crippen molar-refractivity contribution in [2.24, 2.45) is 5.41 Å². The predicted molar refractivity (Wildman–Crippen MR) is 155 cm³/mol. The number of hydrogen-bond acceptors (Lipinski definition) is 9. The zero-order valence-electron chi connectivity index (χ0n) is 24.9. The van der Waals surface area contributed by atoms with Crippen molar-refractivity contribution in [1.29, 1.82) is 0 Å². The van der Waals surface area contributed by atoms with E-state index in [2.05, 4.69) is 20.2 Å². The van der Waals surface area contributed by atoms with Crippen LogP contribution in [0.4, 0.5) is 37.8 Å². The number of pyridine rings is 1. The Morgan fingerprint density at radius 3 is 2.70 bits per heavy atom. The van der Waals surface area contributed by atoms with Crippen molar-refractivity contribution in [3.05, 3.63) is 29.1 Å². The van der Waals surface area contributed by atoms with Crippen LogP contribution in [0.25, 0.3) is 22.2 Å². The standard InChI is InChI=1S/C31H32F6N6O3/c1-14-8-15(38)9-17(21(14)31(35,36)37)23-22(32)24-20-25(43-10-16-2-3-18(39-16)19(43)4-7-44-26(20)40-23)42-28(41-24)45-12-29-5-6-30(11-29,27(33)34)46-13-29/h8-9,16,18-19,27,39H,2-7,10-13,38H2,1H3/t16-,18+,19-,29?,30?/m1/s1. The molecule has 2 aromatic heterocycles. The molecule has 0 amide bonds. The average molecular weight is 651 g/mol. The molecule has 246 valence electrons. The van der Waals surface area contributed by atoms with Gasteiger partial charge < -0.3 is 30.2 Å². The molecule has 15 heteroatoms. The molecule has 5 atom stereocenters. The summed E-state index contributed by atoms with van der Waals surface area (Å²) in [7, 11) is 0. The molecular formula is C31H32F6N6O3. The summed E-state index contributed by atoms with van der Waals surface area (Å²) < 4.78 is 105. The van der Waals surface area contributed by atoms with E-state index >= 15 is 4.39 Å². The van der Waals surface area contributed by atoms with Gasteiger partial charge >= 0.3 is 12.2 Å². The van der Waals surface area contributed by atoms with E-state index in [1.807, 2.05) is 0 Å². The maximum Gasteiger partial charge on any atom is 0.417 e. The first-order chi connectivity index (χ1) is 21.9. The molecular weight excluding hydrogens is 618 g/mol. The molecule has 8 rings (SSSR count). The first kappa shape index (κ1) is 29.8. The average Bonchev–Trinajstić information content (AvgIpc) is 3.69. The van der Waals surface area contributed by atoms with Crippen molar-refractivity contribution in [1.82, 2.24) is 20.3 Å². The lowest BCUT2D eigenvalue weighted by Gasteiger charge is -2.43. The Balaban J connectivity index is 1.29. The van der Waals surface area contributed by atoms with E-state index in [-0.39, 0.29) is 84.8 Å². The van der Waals surface area contributed by atoms with Crippen LogP contribution in [0.2, 0.25) is 0 Å². The summed E-state index contributed by atoms with van der Waals surface area (Å²) in [6.45, 7) is 2.02. The highest BCUT2D eigenvalue weighted by molar-refractivity contribution is 5.97. The van der Waals surface area contributed by atoms with E-state index in [0.29, 0.717) is 25.2 Å². The Labute approximate surface area is 259 Å². The third kappa shape index (κ3) is 4.55. The second kappa shape index (κ2) is 10.2. The quantitative estimate of drug-likeness (QED) is 0.277. The maximum atomic E-state index is 16.7. The first-order valence-corrected chi connectivity index (χ1v) is 15.5. The highest BCUT2D eigenvalue weighted by Crippen LogP contribution is 2.55. The molecule has 2 unspecified atom stereocenters. The molecule has 4 aliphatic heterocycles. The fourth-order valence-electron chi connectivity index (χ4n) is 8.26. The van der Waals surface area contributed by atoms with Gasteiger partial charge in [-0.3, -0.25) is 0 Å². The normalized spacial score (nSPS) is 30.0. The predicted octanol–water partition coefficient (Wildman–Crippen LogP) is 5.42. The molecule has 46 heavy (non-hydrogen) atoms. The van der Waals surface area contributed by atoms with Crippen molar-refractivity contribution >= 4 is 22.4 Å². The number of hydrogen-bond donors (Lipinski definition) is 2. The lowest BCUT2D eigenvalue weighted by molar-refractivity contribution is -0.137. The Hall–Kier alpha value is -3.59. The minimum Gasteiger partial charge on any atom is -0.477 e. The van der Waals surface area contributed by atoms with Crippen LogP contribution >= 0.6 is 0 Å². The monoisotopic (exact) mass is 650 g/mol. The van der Waals surface area contributed by atoms with Crippen LogP contribution in [0.3, 0.4) is 0 Å². The summed E-state index contributed by atoms with van der Waals surface area (Å²) in [6, 6.07) is 2.24. The second-order valence-electron chi connectivity index (χ2n) is 13.4. The number of alkyl halides is 5. The summed E-state index contributed by atoms with van der Waals surface area (Å²) in [5.74, 6) is -0.892. The van der Waals surface area contributed by atoms with Crippen LogP contribution in [0.1, 0.15) is 49.7 Å². The molecule has 6 heterocycles. The third-order valence-corrected chi connectivity index (χ3v) is 10.4. The molecule has 3 saturated heterocycles. The fourth-order valence-corrected chi connectivity index (χ4v) is 8.26. The van der Waals surface area contributed by atoms with Gasteiger partial charge in [-0.25, -0.2) is 18.2 Å². The van der Waals surface area contributed by atoms with Crippen molar-refractivity contribution in [3.8, 4) is 23.1 Å². The largest absolute Gasteiger partial charge is 0.477 e. The number of aromatic nitrogens is 3. The zero-order valence-corrected chi connectivity index (χ0v) is 24.9. The number of nitrogens with one attached hydrogen (secondary N) is 1. The molecule has 1 aliphatic carbocycles. The number of anilines is 2. The number of benzene rings is 1. The lowest BCUT2D eigenvalue weighted by atomic mass is 9.89. The second-order valence-corrected chi connectivity index (χ2v) is 13.4. The Bertz CT molecular complexity index is 1730. The summed E-state index contributed by atoms with van der Waals surface area (Å²) in [4.78, 5) is 15.5. The summed E-state index contributed by atoms with van der Waals surface area (Å²) in [5.41, 5.74) is 1.04. The Morgan fingerprint density at radius 2 is 1.98 bits per heavy atom. The molecule has 3 aromatic rings. The van der Waals surface area contributed by atoms with E-state index in [0.717, 1.165) is 18.9 Å². The zero-order chi connectivity index (χ0) is 32.2. The topological polar surface area (TPSA) is 108 Å². The van der Waals surface area contributed by atoms with Gasteiger partial charge in [-0.15, -0.1) is 0 Å². The molecule has 4 bridgehead atoms. The van der Waals surface area contributed by atoms with Gasteiger partial charge in [-0.2, -0.15) is 23.1 Å². The van der Waals surface area contributed by atoms with Gasteiger partial charge in [0.2, 0.25) is 5.88 Å². The van der Waals surface area contributed by atoms with Crippen LogP contribution in [0, 0.1) is 18.2 Å². The number of ether oxygens (including phenoxy) is 3. The molecule has 0 spiro atoms. The Morgan fingerprint density at radius 1 is 1.15 bits per heavy atom. The molecule has 4 fully saturated rings. The number of nitrogens with two attached hydrogens (primary N) is 1. The van der Waals surface area contributed by atoms with Gasteiger partial charge in [0.25, 0.3) is 6.43 Å². The van der Waals surface area contributed by atoms with Gasteiger partial charge in [-0.05, 0) is 56.7 Å². The summed E-state index contributed by atoms with van der Waals surface area (Å²) in [6.07, 6.45) is -4.29. The minimum absolute atomic E-state index is 0.00592. The molecule has 3 N–H and O–H groups in total. The number of piperazine rings is 1. The molecule has 9 nitrogen and oxygen atoms in total. The smallest absolute Gasteiger partial charge is 0.417 e. The number of fused-ring (bicyclic) bond motifs is 7. The SMILES string of the molecule is Cc1cc(N)cc(-c2nc3c4c(nc(OCC56CCC(C(F)F)(C5)OC6)nc4c2F)N2C[C@H]4CC[C@H](N4)[C@H]2CCO3)c1C(F)(F)F. The lowest BCUT2D eigenvalue weighted by Crippen LogP contribution is -2.59. The molecule has 0 radical (unpaired) electrons. The van der Waals surface area contributed by atoms with E-state index in [1.54, 1.807) is 0 Å². The van der Waals surface area contributed by atoms with Crippen LogP contribution in [-0.2, 0) is 10.9 Å². The third-order valence-electron chi connectivity index (χ3n) is 10.4. The Kier molecular flexibility index (Phi) is 6.61. The summed E-state index contributed by atoms with van der Waals surface area (Å²) >= 11 is 0. The number of aryl methyl sites for hydroxylation is 1. The van der Waals surface area contributed by atoms with E-state index in [4.69, 9.17) is 24.9 Å². The van der Waals surface area contributed by atoms with Gasteiger partial charge in [0.1, 0.15) is 28.0 Å². The first-order valence-electron chi connectivity index (χ1n) is 15.5. The van der Waals surface area contributed by atoms with E-state index in [1.165, 1.54) is 13.0 Å². The molecule has 1 aromatic carbocycles. The van der Waals surface area contributed by atoms with Gasteiger partial charge in [-0.1, -0.05) is 0 Å². The number of nitrogen functional groups attached to an aromatic ring is 1. The highest BCUT2D eigenvalue weighted by atomic mass is 19.4. The number of halogens is 6. The van der Waals surface area contributed by atoms with Crippen molar-refractivity contribution in [2.45, 2.75) is 81.8 Å². The van der Waals surface area contributed by atoms with Gasteiger partial charge in [0.05, 0.1) is 25.4 Å². The van der Waals surface area contributed by atoms with E-state index < -0.39 is 46.3 Å². The maximum absolute atomic E-state index is 16.7. The van der Waals surface area contributed by atoms with Crippen LogP contribution < -0.4 is 25.4 Å². The van der Waals surface area contributed by atoms with Crippen LogP contribution in [-0.4, -0.2) is 71.5 Å². The minimum atomic E-state index is -4.83. The molecule has 5 aliphatic rings. The summed E-state index contributed by atoms with van der Waals surface area (Å²) in [5, 5.41) is 3.75. The highest BCUT2D eigenvalue weighted by Gasteiger charge is 2.60. The van der Waals surface area contributed by atoms with Gasteiger partial charge in [0.15, 0.2) is 5.82 Å². The van der Waals surface area contributed by atoms with Crippen molar-refractivity contribution in [2.75, 3.05) is 37.0 Å². The number of rotatable bonds is 5. The number of nitrogens with zero attached hydrogens (tertiary/aromatic N) is 4. The van der Waals surface area contributed by atoms with Crippen molar-refractivity contribution in [3.63, 3.8) is 0 Å². The van der Waals surface area contributed by atoms with Gasteiger partial charge in [0, 0.05) is 47.8 Å². The molecule has 1 saturated carbocycles. The van der Waals surface area contributed by atoms with E-state index in [9.17, 15) is 22.0 Å². The van der Waals surface area contributed by atoms with Crippen LogP contribution in [0.5, 0.6) is 11.9 Å². The van der Waals surface area contributed by atoms with Crippen molar-refractivity contribution < 1.29 is 40.6 Å².